The van der Waals surface area contributed by atoms with Crippen LogP contribution in [0.5, 0.6) is 5.75 Å². The Kier molecular flexibility index (Phi) is 8.03. The lowest BCUT2D eigenvalue weighted by Crippen LogP contribution is -2.41. The molecule has 39 heavy (non-hydrogen) atoms. The lowest BCUT2D eigenvalue weighted by molar-refractivity contribution is -0.122. The maximum atomic E-state index is 12.9. The number of fused-ring (bicyclic) bond motifs is 1. The molecule has 0 aliphatic rings. The Morgan fingerprint density at radius 3 is 2.46 bits per heavy atom. The van der Waals surface area contributed by atoms with Crippen LogP contribution in [-0.4, -0.2) is 38.8 Å². The van der Waals surface area contributed by atoms with Gasteiger partial charge < -0.3 is 25.3 Å². The number of para-hydroxylation sites is 1. The summed E-state index contributed by atoms with van der Waals surface area (Å²) in [6, 6.07) is 25.4. The normalized spacial score (nSPS) is 12.8. The summed E-state index contributed by atoms with van der Waals surface area (Å²) < 4.78 is 7.47. The lowest BCUT2D eigenvalue weighted by atomic mass is 10.0. The monoisotopic (exact) mass is 522 g/mol. The van der Waals surface area contributed by atoms with Crippen molar-refractivity contribution in [2.24, 2.45) is 5.73 Å². The van der Waals surface area contributed by atoms with Gasteiger partial charge >= 0.3 is 0 Å². The number of ether oxygens (including phenoxy) is 1. The highest BCUT2D eigenvalue weighted by molar-refractivity contribution is 5.84. The fraction of sp³-hybridized carbons (Fsp3) is 0.258. The van der Waals surface area contributed by atoms with Crippen molar-refractivity contribution in [3.05, 3.63) is 113 Å². The van der Waals surface area contributed by atoms with Crippen molar-refractivity contribution in [1.29, 1.82) is 0 Å². The zero-order chi connectivity index (χ0) is 27.2. The summed E-state index contributed by atoms with van der Waals surface area (Å²) in [7, 11) is 1.66. The summed E-state index contributed by atoms with van der Waals surface area (Å²) in [6.45, 7) is 2.25. The van der Waals surface area contributed by atoms with Gasteiger partial charge in [-0.2, -0.15) is 0 Å². The number of aromatic amines is 1. The molecule has 0 fully saturated rings. The van der Waals surface area contributed by atoms with E-state index in [0.29, 0.717) is 25.2 Å². The number of nitrogens with one attached hydrogen (secondary N) is 2. The Bertz CT molecular complexity index is 1520. The molecule has 5 aromatic rings. The zero-order valence-electron chi connectivity index (χ0n) is 22.3. The van der Waals surface area contributed by atoms with E-state index in [4.69, 9.17) is 10.5 Å². The highest BCUT2D eigenvalue weighted by Gasteiger charge is 2.26. The number of aryl methyl sites for hydroxylation is 2. The van der Waals surface area contributed by atoms with E-state index >= 15 is 0 Å². The molecule has 0 saturated carbocycles. The van der Waals surface area contributed by atoms with Crippen LogP contribution in [0.25, 0.3) is 10.9 Å². The second-order valence-corrected chi connectivity index (χ2v) is 9.81. The quantitative estimate of drug-likeness (QED) is 0.239. The first kappa shape index (κ1) is 26.2. The molecule has 2 heterocycles. The second kappa shape index (κ2) is 12.0. The number of nitrogens with zero attached hydrogens (tertiary/aromatic N) is 3. The van der Waals surface area contributed by atoms with Crippen LogP contribution < -0.4 is 15.8 Å². The molecule has 0 aliphatic carbocycles. The van der Waals surface area contributed by atoms with Crippen molar-refractivity contribution in [3.8, 4) is 5.75 Å². The number of carbonyl (C=O) groups is 1. The first-order valence-corrected chi connectivity index (χ1v) is 13.2. The number of methoxy groups -OCH3 is 1. The van der Waals surface area contributed by atoms with Crippen LogP contribution in [0.2, 0.25) is 0 Å². The van der Waals surface area contributed by atoms with Gasteiger partial charge in [-0.3, -0.25) is 4.79 Å². The largest absolute Gasteiger partial charge is 0.497 e. The second-order valence-electron chi connectivity index (χ2n) is 9.81. The maximum Gasteiger partial charge on any atom is 0.237 e. The minimum absolute atomic E-state index is 0.232. The molecule has 1 amide bonds. The first-order chi connectivity index (χ1) is 19.0. The van der Waals surface area contributed by atoms with Crippen LogP contribution in [0.1, 0.15) is 41.3 Å². The number of amides is 1. The average molecular weight is 523 g/mol. The standard InChI is InChI=1S/C31H34N6O2/c1-21(32)31(38)34-28(18-24-19-33-27-11-7-6-10-26(24)27)30-36-35-29(17-14-22-8-4-3-5-9-22)37(30)20-23-12-15-25(39-2)16-13-23/h3-13,15-16,19,21,28,33H,14,17-18,20,32H2,1-2H3,(H,34,38). The number of carbonyl (C=O) groups excluding carboxylic acids is 1. The lowest BCUT2D eigenvalue weighted by Gasteiger charge is -2.21. The average Bonchev–Trinajstić information content (AvgIpc) is 3.56. The molecule has 8 nitrogen and oxygen atoms in total. The Balaban J connectivity index is 1.52. The van der Waals surface area contributed by atoms with Gasteiger partial charge in [-0.1, -0.05) is 60.7 Å². The third-order valence-electron chi connectivity index (χ3n) is 6.98. The van der Waals surface area contributed by atoms with E-state index in [9.17, 15) is 4.79 Å². The third-order valence-corrected chi connectivity index (χ3v) is 6.98. The zero-order valence-corrected chi connectivity index (χ0v) is 22.3. The third kappa shape index (κ3) is 6.18. The van der Waals surface area contributed by atoms with E-state index < -0.39 is 12.1 Å². The van der Waals surface area contributed by atoms with Gasteiger partial charge in [0, 0.05) is 29.9 Å². The molecule has 5 rings (SSSR count). The van der Waals surface area contributed by atoms with E-state index in [-0.39, 0.29) is 5.91 Å². The summed E-state index contributed by atoms with van der Waals surface area (Å²) in [5, 5.41) is 13.5. The fourth-order valence-corrected chi connectivity index (χ4v) is 4.81. The van der Waals surface area contributed by atoms with E-state index in [1.54, 1.807) is 14.0 Å². The van der Waals surface area contributed by atoms with Crippen molar-refractivity contribution in [1.82, 2.24) is 25.1 Å². The molecule has 2 atom stereocenters. The summed E-state index contributed by atoms with van der Waals surface area (Å²) in [5.74, 6) is 2.13. The van der Waals surface area contributed by atoms with E-state index in [1.807, 2.05) is 66.9 Å². The topological polar surface area (TPSA) is 111 Å². The van der Waals surface area contributed by atoms with Gasteiger partial charge in [0.15, 0.2) is 5.82 Å². The van der Waals surface area contributed by atoms with Crippen LogP contribution in [0, 0.1) is 0 Å². The number of benzene rings is 3. The molecule has 0 saturated heterocycles. The smallest absolute Gasteiger partial charge is 0.237 e. The highest BCUT2D eigenvalue weighted by Crippen LogP contribution is 2.26. The van der Waals surface area contributed by atoms with Crippen molar-refractivity contribution in [3.63, 3.8) is 0 Å². The SMILES string of the molecule is COc1ccc(Cn2c(CCc3ccccc3)nnc2C(Cc2c[nH]c3ccccc23)NC(=O)C(C)N)cc1. The molecular weight excluding hydrogens is 488 g/mol. The molecule has 200 valence electrons. The van der Waals surface area contributed by atoms with Crippen LogP contribution in [0.15, 0.2) is 85.1 Å². The summed E-state index contributed by atoms with van der Waals surface area (Å²) in [6.07, 6.45) is 4.09. The van der Waals surface area contributed by atoms with E-state index in [2.05, 4.69) is 43.3 Å². The molecule has 2 unspecified atom stereocenters. The predicted molar refractivity (Wildman–Crippen MR) is 153 cm³/mol. The molecule has 0 spiro atoms. The Morgan fingerprint density at radius 1 is 0.974 bits per heavy atom. The van der Waals surface area contributed by atoms with Gasteiger partial charge in [0.25, 0.3) is 0 Å². The number of rotatable bonds is 11. The highest BCUT2D eigenvalue weighted by atomic mass is 16.5. The van der Waals surface area contributed by atoms with Gasteiger partial charge in [-0.05, 0) is 48.2 Å². The number of hydrogen-bond acceptors (Lipinski definition) is 5. The molecule has 0 radical (unpaired) electrons. The molecule has 0 bridgehead atoms. The minimum atomic E-state index is -0.647. The molecule has 2 aromatic heterocycles. The Hall–Kier alpha value is -4.43. The van der Waals surface area contributed by atoms with Gasteiger partial charge in [-0.15, -0.1) is 10.2 Å². The molecular formula is C31H34N6O2. The molecule has 8 heteroatoms. The van der Waals surface area contributed by atoms with E-state index in [1.165, 1.54) is 5.56 Å². The minimum Gasteiger partial charge on any atom is -0.497 e. The van der Waals surface area contributed by atoms with Gasteiger partial charge in [0.05, 0.1) is 25.7 Å². The van der Waals surface area contributed by atoms with Gasteiger partial charge in [0.2, 0.25) is 5.91 Å². The first-order valence-electron chi connectivity index (χ1n) is 13.2. The van der Waals surface area contributed by atoms with Gasteiger partial charge in [-0.25, -0.2) is 0 Å². The van der Waals surface area contributed by atoms with E-state index in [0.717, 1.165) is 40.0 Å². The molecule has 0 aliphatic heterocycles. The van der Waals surface area contributed by atoms with Crippen LogP contribution in [-0.2, 0) is 30.6 Å². The number of nitrogens with two attached hydrogens (primary N) is 1. The summed E-state index contributed by atoms with van der Waals surface area (Å²) in [5.41, 5.74) is 10.4. The van der Waals surface area contributed by atoms with Crippen molar-refractivity contribution in [2.75, 3.05) is 7.11 Å². The maximum absolute atomic E-state index is 12.9. The predicted octanol–water partition coefficient (Wildman–Crippen LogP) is 4.35. The number of H-pyrrole nitrogens is 1. The fourth-order valence-electron chi connectivity index (χ4n) is 4.81. The van der Waals surface area contributed by atoms with Crippen molar-refractivity contribution < 1.29 is 9.53 Å². The Labute approximate surface area is 228 Å². The van der Waals surface area contributed by atoms with Crippen molar-refractivity contribution >= 4 is 16.8 Å². The number of aromatic nitrogens is 4. The van der Waals surface area contributed by atoms with Crippen molar-refractivity contribution in [2.45, 2.75) is 44.8 Å². The Morgan fingerprint density at radius 2 is 1.72 bits per heavy atom. The number of hydrogen-bond donors (Lipinski definition) is 3. The van der Waals surface area contributed by atoms with Crippen LogP contribution in [0.3, 0.4) is 0 Å². The summed E-state index contributed by atoms with van der Waals surface area (Å²) >= 11 is 0. The van der Waals surface area contributed by atoms with Gasteiger partial charge in [0.1, 0.15) is 11.6 Å². The molecule has 4 N–H and O–H groups in total. The molecule has 3 aromatic carbocycles. The summed E-state index contributed by atoms with van der Waals surface area (Å²) in [4.78, 5) is 16.2. The van der Waals surface area contributed by atoms with Crippen LogP contribution >= 0.6 is 0 Å². The van der Waals surface area contributed by atoms with Crippen LogP contribution in [0.4, 0.5) is 0 Å².